The summed E-state index contributed by atoms with van der Waals surface area (Å²) in [6, 6.07) is 5.19. The van der Waals surface area contributed by atoms with Gasteiger partial charge in [0.15, 0.2) is 0 Å². The van der Waals surface area contributed by atoms with Crippen molar-refractivity contribution in [1.29, 1.82) is 0 Å². The zero-order valence-corrected chi connectivity index (χ0v) is 12.2. The maximum Gasteiger partial charge on any atom is 0.0701 e. The summed E-state index contributed by atoms with van der Waals surface area (Å²) in [4.78, 5) is 1.53. The molecule has 2 rings (SSSR count). The Morgan fingerprint density at radius 1 is 1.38 bits per heavy atom. The molecule has 1 heterocycles. The Morgan fingerprint density at radius 3 is 2.88 bits per heavy atom. The van der Waals surface area contributed by atoms with Gasteiger partial charge in [-0.25, -0.2) is 0 Å². The van der Waals surface area contributed by atoms with Crippen molar-refractivity contribution < 1.29 is 0 Å². The number of hydrogen-bond donors (Lipinski definition) is 1. The van der Waals surface area contributed by atoms with Crippen molar-refractivity contribution in [2.24, 2.45) is 5.92 Å². The minimum atomic E-state index is 0.750. The Hall–Kier alpha value is 0.140. The van der Waals surface area contributed by atoms with Crippen LogP contribution in [0.3, 0.4) is 0 Å². The molecule has 0 bridgehead atoms. The molecule has 1 fully saturated rings. The van der Waals surface area contributed by atoms with E-state index in [0.29, 0.717) is 0 Å². The SMILES string of the molecule is CCNC1CCCCC1Cc1ccc(Br)s1. The van der Waals surface area contributed by atoms with Crippen LogP contribution in [0.25, 0.3) is 0 Å². The predicted molar refractivity (Wildman–Crippen MR) is 75.1 cm³/mol. The molecule has 0 amide bonds. The van der Waals surface area contributed by atoms with Gasteiger partial charge in [0.05, 0.1) is 3.79 Å². The standard InChI is InChI=1S/C13H20BrNS/c1-2-15-12-6-4-3-5-10(12)9-11-7-8-13(14)16-11/h7-8,10,12,15H,2-6,9H2,1H3. The molecule has 1 aliphatic rings. The highest BCUT2D eigenvalue weighted by atomic mass is 79.9. The van der Waals surface area contributed by atoms with E-state index in [-0.39, 0.29) is 0 Å². The van der Waals surface area contributed by atoms with Crippen molar-refractivity contribution in [2.75, 3.05) is 6.54 Å². The Labute approximate surface area is 111 Å². The summed E-state index contributed by atoms with van der Waals surface area (Å²) in [5.74, 6) is 0.847. The van der Waals surface area contributed by atoms with E-state index in [1.165, 1.54) is 40.8 Å². The highest BCUT2D eigenvalue weighted by Crippen LogP contribution is 2.31. The van der Waals surface area contributed by atoms with Gasteiger partial charge in [0, 0.05) is 10.9 Å². The average molecular weight is 302 g/mol. The van der Waals surface area contributed by atoms with Gasteiger partial charge in [-0.3, -0.25) is 0 Å². The third-order valence-corrected chi connectivity index (χ3v) is 5.11. The van der Waals surface area contributed by atoms with Crippen molar-refractivity contribution in [1.82, 2.24) is 5.32 Å². The summed E-state index contributed by atoms with van der Waals surface area (Å²) in [6.45, 7) is 3.32. The fourth-order valence-electron chi connectivity index (χ4n) is 2.70. The lowest BCUT2D eigenvalue weighted by Crippen LogP contribution is -2.39. The highest BCUT2D eigenvalue weighted by molar-refractivity contribution is 9.11. The summed E-state index contributed by atoms with van der Waals surface area (Å²) in [5.41, 5.74) is 0. The first kappa shape index (κ1) is 12.6. The molecular weight excluding hydrogens is 282 g/mol. The van der Waals surface area contributed by atoms with Crippen molar-refractivity contribution in [3.8, 4) is 0 Å². The molecule has 3 heteroatoms. The normalized spacial score (nSPS) is 25.9. The first-order valence-corrected chi connectivity index (χ1v) is 7.88. The van der Waals surface area contributed by atoms with Crippen LogP contribution in [0, 0.1) is 5.92 Å². The number of thiophene rings is 1. The molecule has 90 valence electrons. The van der Waals surface area contributed by atoms with Gasteiger partial charge < -0.3 is 5.32 Å². The van der Waals surface area contributed by atoms with E-state index in [9.17, 15) is 0 Å². The molecular formula is C13H20BrNS. The van der Waals surface area contributed by atoms with Crippen LogP contribution in [0.15, 0.2) is 15.9 Å². The van der Waals surface area contributed by atoms with Crippen LogP contribution in [0.5, 0.6) is 0 Å². The lowest BCUT2D eigenvalue weighted by Gasteiger charge is -2.31. The van der Waals surface area contributed by atoms with Crippen LogP contribution >= 0.6 is 27.3 Å². The van der Waals surface area contributed by atoms with E-state index in [4.69, 9.17) is 0 Å². The van der Waals surface area contributed by atoms with E-state index in [1.54, 1.807) is 0 Å². The maximum atomic E-state index is 3.65. The number of halogens is 1. The van der Waals surface area contributed by atoms with E-state index in [0.717, 1.165) is 18.5 Å². The molecule has 2 atom stereocenters. The van der Waals surface area contributed by atoms with Gasteiger partial charge in [-0.1, -0.05) is 19.8 Å². The molecule has 1 N–H and O–H groups in total. The van der Waals surface area contributed by atoms with E-state index < -0.39 is 0 Å². The van der Waals surface area contributed by atoms with Crippen LogP contribution < -0.4 is 5.32 Å². The molecule has 2 unspecified atom stereocenters. The first-order chi connectivity index (χ1) is 7.79. The number of nitrogens with one attached hydrogen (secondary N) is 1. The predicted octanol–water partition coefficient (Wildman–Crippen LogP) is 4.22. The first-order valence-electron chi connectivity index (χ1n) is 6.27. The van der Waals surface area contributed by atoms with E-state index >= 15 is 0 Å². The summed E-state index contributed by atoms with van der Waals surface area (Å²) in [6.07, 6.45) is 6.84. The Morgan fingerprint density at radius 2 is 2.19 bits per heavy atom. The molecule has 1 saturated carbocycles. The quantitative estimate of drug-likeness (QED) is 0.878. The van der Waals surface area contributed by atoms with Gasteiger partial charge in [0.25, 0.3) is 0 Å². The lowest BCUT2D eigenvalue weighted by molar-refractivity contribution is 0.265. The molecule has 0 aliphatic heterocycles. The van der Waals surface area contributed by atoms with Crippen LogP contribution in [-0.2, 0) is 6.42 Å². The zero-order chi connectivity index (χ0) is 11.4. The largest absolute Gasteiger partial charge is 0.314 e. The molecule has 1 aliphatic carbocycles. The van der Waals surface area contributed by atoms with E-state index in [1.807, 2.05) is 11.3 Å². The Kier molecular flexibility index (Phi) is 4.86. The minimum absolute atomic E-state index is 0.750. The van der Waals surface area contributed by atoms with Gasteiger partial charge in [0.2, 0.25) is 0 Å². The van der Waals surface area contributed by atoms with Gasteiger partial charge >= 0.3 is 0 Å². The lowest BCUT2D eigenvalue weighted by atomic mass is 9.82. The highest BCUT2D eigenvalue weighted by Gasteiger charge is 2.24. The summed E-state index contributed by atoms with van der Waals surface area (Å²) < 4.78 is 1.26. The molecule has 1 aromatic rings. The average Bonchev–Trinajstić information content (AvgIpc) is 2.67. The van der Waals surface area contributed by atoms with Crippen LogP contribution in [0.2, 0.25) is 0 Å². The molecule has 0 radical (unpaired) electrons. The van der Waals surface area contributed by atoms with Crippen molar-refractivity contribution in [3.05, 3.63) is 20.8 Å². The van der Waals surface area contributed by atoms with Gasteiger partial charge in [0.1, 0.15) is 0 Å². The van der Waals surface area contributed by atoms with Crippen LogP contribution in [0.4, 0.5) is 0 Å². The summed E-state index contributed by atoms with van der Waals surface area (Å²) in [7, 11) is 0. The zero-order valence-electron chi connectivity index (χ0n) is 9.84. The molecule has 1 aromatic heterocycles. The van der Waals surface area contributed by atoms with Gasteiger partial charge in [-0.2, -0.15) is 0 Å². The molecule has 0 spiro atoms. The smallest absolute Gasteiger partial charge is 0.0701 e. The Balaban J connectivity index is 1.95. The minimum Gasteiger partial charge on any atom is -0.314 e. The second-order valence-electron chi connectivity index (χ2n) is 4.62. The fraction of sp³-hybridized carbons (Fsp3) is 0.692. The van der Waals surface area contributed by atoms with Crippen LogP contribution in [-0.4, -0.2) is 12.6 Å². The summed E-state index contributed by atoms with van der Waals surface area (Å²) >= 11 is 5.44. The monoisotopic (exact) mass is 301 g/mol. The molecule has 1 nitrogen and oxygen atoms in total. The molecule has 16 heavy (non-hydrogen) atoms. The number of rotatable bonds is 4. The molecule has 0 saturated heterocycles. The fourth-order valence-corrected chi connectivity index (χ4v) is 4.28. The Bertz CT molecular complexity index is 321. The third-order valence-electron chi connectivity index (χ3n) is 3.47. The number of hydrogen-bond acceptors (Lipinski definition) is 2. The second-order valence-corrected chi connectivity index (χ2v) is 7.17. The van der Waals surface area contributed by atoms with Crippen molar-refractivity contribution >= 4 is 27.3 Å². The maximum absolute atomic E-state index is 3.65. The second kappa shape index (κ2) is 6.18. The van der Waals surface area contributed by atoms with Gasteiger partial charge in [-0.05, 0) is 59.8 Å². The van der Waals surface area contributed by atoms with Gasteiger partial charge in [-0.15, -0.1) is 11.3 Å². The third kappa shape index (κ3) is 3.31. The van der Waals surface area contributed by atoms with E-state index in [2.05, 4.69) is 40.3 Å². The van der Waals surface area contributed by atoms with Crippen molar-refractivity contribution in [3.63, 3.8) is 0 Å². The molecule has 0 aromatic carbocycles. The van der Waals surface area contributed by atoms with Crippen LogP contribution in [0.1, 0.15) is 37.5 Å². The topological polar surface area (TPSA) is 12.0 Å². The van der Waals surface area contributed by atoms with Crippen molar-refractivity contribution in [2.45, 2.75) is 45.1 Å². The summed E-state index contributed by atoms with van der Waals surface area (Å²) in [5, 5.41) is 3.65.